The van der Waals surface area contributed by atoms with E-state index in [9.17, 15) is 21.6 Å². The predicted molar refractivity (Wildman–Crippen MR) is 122 cm³/mol. The Labute approximate surface area is 190 Å². The second-order valence-corrected chi connectivity index (χ2v) is 9.68. The molecule has 0 bridgehead atoms. The molecule has 8 heteroatoms. The predicted octanol–water partition coefficient (Wildman–Crippen LogP) is 6.19. The first kappa shape index (κ1) is 22.8. The first-order valence-electron chi connectivity index (χ1n) is 10.2. The molecule has 0 aliphatic rings. The van der Waals surface area contributed by atoms with E-state index in [1.54, 1.807) is 42.5 Å². The second-order valence-electron chi connectivity index (χ2n) is 7.66. The van der Waals surface area contributed by atoms with E-state index in [0.717, 1.165) is 18.2 Å². The lowest BCUT2D eigenvalue weighted by Crippen LogP contribution is -2.08. The number of alkyl halides is 3. The van der Waals surface area contributed by atoms with Gasteiger partial charge in [-0.2, -0.15) is 18.3 Å². The molecule has 170 valence electrons. The summed E-state index contributed by atoms with van der Waals surface area (Å²) in [5.41, 5.74) is 1.47. The van der Waals surface area contributed by atoms with E-state index in [1.807, 2.05) is 19.1 Å². The summed E-state index contributed by atoms with van der Waals surface area (Å²) in [7, 11) is -3.45. The maximum Gasteiger partial charge on any atom is 0.435 e. The number of hydrogen-bond donors (Lipinski definition) is 0. The molecule has 0 amide bonds. The molecule has 4 aromatic rings. The number of halogens is 3. The van der Waals surface area contributed by atoms with Crippen molar-refractivity contribution in [1.29, 1.82) is 0 Å². The standard InChI is InChI=1S/C25H21F3N2O2S/c1-3-17-9-13-20(14-10-17)30-23(19-11-15-21(16-12-19)33(2,31)32)22(18-7-5-4-6-8-18)24(29-30)25(26,27)28/h4-16H,3H2,1-2H3. The van der Waals surface area contributed by atoms with Crippen molar-refractivity contribution in [3.05, 3.63) is 90.1 Å². The van der Waals surface area contributed by atoms with Gasteiger partial charge in [0.2, 0.25) is 0 Å². The molecule has 0 N–H and O–H groups in total. The molecular weight excluding hydrogens is 449 g/mol. The third-order valence-corrected chi connectivity index (χ3v) is 6.49. The van der Waals surface area contributed by atoms with Gasteiger partial charge < -0.3 is 0 Å². The lowest BCUT2D eigenvalue weighted by atomic mass is 9.98. The van der Waals surface area contributed by atoms with Gasteiger partial charge in [-0.25, -0.2) is 13.1 Å². The Morgan fingerprint density at radius 1 is 0.848 bits per heavy atom. The molecule has 1 heterocycles. The van der Waals surface area contributed by atoms with Crippen LogP contribution in [0.3, 0.4) is 0 Å². The molecule has 0 fully saturated rings. The van der Waals surface area contributed by atoms with Crippen molar-refractivity contribution in [2.24, 2.45) is 0 Å². The average molecular weight is 471 g/mol. The van der Waals surface area contributed by atoms with Gasteiger partial charge in [-0.3, -0.25) is 0 Å². The Bertz CT molecular complexity index is 1370. The van der Waals surface area contributed by atoms with Crippen molar-refractivity contribution in [3.63, 3.8) is 0 Å². The fraction of sp³-hybridized carbons (Fsp3) is 0.160. The van der Waals surface area contributed by atoms with Crippen LogP contribution < -0.4 is 0 Å². The SMILES string of the molecule is CCc1ccc(-n2nc(C(F)(F)F)c(-c3ccccc3)c2-c2ccc(S(C)(=O)=O)cc2)cc1. The molecule has 1 aromatic heterocycles. The van der Waals surface area contributed by atoms with Gasteiger partial charge in [0.05, 0.1) is 16.3 Å². The third-order valence-electron chi connectivity index (χ3n) is 5.36. The zero-order chi connectivity index (χ0) is 23.8. The minimum atomic E-state index is -4.69. The van der Waals surface area contributed by atoms with Crippen LogP contribution >= 0.6 is 0 Å². The minimum absolute atomic E-state index is 0.0604. The summed E-state index contributed by atoms with van der Waals surface area (Å²) in [5, 5.41) is 4.00. The van der Waals surface area contributed by atoms with Crippen LogP contribution in [-0.2, 0) is 22.4 Å². The van der Waals surface area contributed by atoms with Gasteiger partial charge in [-0.1, -0.05) is 61.5 Å². The minimum Gasteiger partial charge on any atom is -0.232 e. The van der Waals surface area contributed by atoms with Crippen LogP contribution in [0.25, 0.3) is 28.1 Å². The summed E-state index contributed by atoms with van der Waals surface area (Å²) in [6.07, 6.45) is -2.82. The van der Waals surface area contributed by atoms with Crippen molar-refractivity contribution >= 4 is 9.84 Å². The van der Waals surface area contributed by atoms with Crippen molar-refractivity contribution in [2.45, 2.75) is 24.4 Å². The maximum absolute atomic E-state index is 14.1. The highest BCUT2D eigenvalue weighted by Gasteiger charge is 2.40. The summed E-state index contributed by atoms with van der Waals surface area (Å²) in [6.45, 7) is 1.99. The van der Waals surface area contributed by atoms with Gasteiger partial charge in [0.15, 0.2) is 15.5 Å². The van der Waals surface area contributed by atoms with Gasteiger partial charge in [0.25, 0.3) is 0 Å². The topological polar surface area (TPSA) is 52.0 Å². The molecule has 0 unspecified atom stereocenters. The maximum atomic E-state index is 14.1. The van der Waals surface area contributed by atoms with Gasteiger partial charge in [0.1, 0.15) is 0 Å². The number of sulfone groups is 1. The Hall–Kier alpha value is -3.39. The smallest absolute Gasteiger partial charge is 0.232 e. The number of aryl methyl sites for hydroxylation is 1. The largest absolute Gasteiger partial charge is 0.435 e. The van der Waals surface area contributed by atoms with Crippen LogP contribution in [0.1, 0.15) is 18.2 Å². The molecule has 0 aliphatic heterocycles. The number of aromatic nitrogens is 2. The lowest BCUT2D eigenvalue weighted by molar-refractivity contribution is -0.140. The Morgan fingerprint density at radius 2 is 1.45 bits per heavy atom. The normalized spacial score (nSPS) is 12.2. The van der Waals surface area contributed by atoms with Crippen LogP contribution in [0.5, 0.6) is 0 Å². The van der Waals surface area contributed by atoms with E-state index < -0.39 is 21.7 Å². The molecule has 4 nitrogen and oxygen atoms in total. The lowest BCUT2D eigenvalue weighted by Gasteiger charge is -2.12. The van der Waals surface area contributed by atoms with E-state index in [4.69, 9.17) is 0 Å². The fourth-order valence-corrected chi connectivity index (χ4v) is 4.31. The van der Waals surface area contributed by atoms with Crippen molar-refractivity contribution in [2.75, 3.05) is 6.26 Å². The van der Waals surface area contributed by atoms with E-state index >= 15 is 0 Å². The Morgan fingerprint density at radius 3 is 1.97 bits per heavy atom. The van der Waals surface area contributed by atoms with E-state index in [2.05, 4.69) is 5.10 Å². The summed E-state index contributed by atoms with van der Waals surface area (Å²) >= 11 is 0. The summed E-state index contributed by atoms with van der Waals surface area (Å²) in [5.74, 6) is 0. The molecule has 0 radical (unpaired) electrons. The van der Waals surface area contributed by atoms with Gasteiger partial charge in [0, 0.05) is 17.4 Å². The summed E-state index contributed by atoms with van der Waals surface area (Å²) in [4.78, 5) is 0.0851. The molecular formula is C25H21F3N2O2S. The van der Waals surface area contributed by atoms with Gasteiger partial charge >= 0.3 is 6.18 Å². The molecule has 0 atom stereocenters. The van der Waals surface area contributed by atoms with Crippen LogP contribution in [0.15, 0.2) is 83.8 Å². The van der Waals surface area contributed by atoms with Crippen LogP contribution in [0.4, 0.5) is 13.2 Å². The van der Waals surface area contributed by atoms with Crippen LogP contribution in [-0.4, -0.2) is 24.5 Å². The summed E-state index contributed by atoms with van der Waals surface area (Å²) in [6, 6.07) is 21.2. The van der Waals surface area contributed by atoms with Crippen LogP contribution in [0, 0.1) is 0 Å². The van der Waals surface area contributed by atoms with E-state index in [1.165, 1.54) is 28.9 Å². The first-order valence-corrected chi connectivity index (χ1v) is 12.1. The fourth-order valence-electron chi connectivity index (χ4n) is 3.68. The monoisotopic (exact) mass is 470 g/mol. The van der Waals surface area contributed by atoms with Gasteiger partial charge in [-0.15, -0.1) is 0 Å². The van der Waals surface area contributed by atoms with E-state index in [-0.39, 0.29) is 16.2 Å². The second kappa shape index (κ2) is 8.51. The molecule has 0 aliphatic carbocycles. The number of rotatable bonds is 5. The van der Waals surface area contributed by atoms with Crippen LogP contribution in [0.2, 0.25) is 0 Å². The van der Waals surface area contributed by atoms with Gasteiger partial charge in [-0.05, 0) is 41.8 Å². The molecule has 0 spiro atoms. The number of hydrogen-bond acceptors (Lipinski definition) is 3. The highest BCUT2D eigenvalue weighted by Crippen LogP contribution is 2.43. The molecule has 0 saturated heterocycles. The van der Waals surface area contributed by atoms with Crippen molar-refractivity contribution in [3.8, 4) is 28.1 Å². The average Bonchev–Trinajstić information content (AvgIpc) is 3.20. The highest BCUT2D eigenvalue weighted by atomic mass is 32.2. The Kier molecular flexibility index (Phi) is 5.88. The van der Waals surface area contributed by atoms with Crippen molar-refractivity contribution < 1.29 is 21.6 Å². The van der Waals surface area contributed by atoms with E-state index in [0.29, 0.717) is 16.8 Å². The Balaban J connectivity index is 2.05. The highest BCUT2D eigenvalue weighted by molar-refractivity contribution is 7.90. The molecule has 0 saturated carbocycles. The van der Waals surface area contributed by atoms with Crippen molar-refractivity contribution in [1.82, 2.24) is 9.78 Å². The molecule has 33 heavy (non-hydrogen) atoms. The summed E-state index contributed by atoms with van der Waals surface area (Å²) < 4.78 is 67.5. The molecule has 3 aromatic carbocycles. The zero-order valence-corrected chi connectivity index (χ0v) is 18.8. The number of nitrogens with zero attached hydrogens (tertiary/aromatic N) is 2. The quantitative estimate of drug-likeness (QED) is 0.349. The third kappa shape index (κ3) is 4.57. The molecule has 4 rings (SSSR count). The number of benzene rings is 3. The zero-order valence-electron chi connectivity index (χ0n) is 18.0. The first-order chi connectivity index (χ1) is 15.6.